The van der Waals surface area contributed by atoms with Crippen molar-refractivity contribution in [3.63, 3.8) is 0 Å². The first-order chi connectivity index (χ1) is 14.4. The van der Waals surface area contributed by atoms with Crippen LogP contribution in [-0.2, 0) is 24.9 Å². The van der Waals surface area contributed by atoms with Crippen LogP contribution in [0.25, 0.3) is 0 Å². The molecule has 0 unspecified atom stereocenters. The van der Waals surface area contributed by atoms with Crippen molar-refractivity contribution in [2.45, 2.75) is 30.7 Å². The highest BCUT2D eigenvalue weighted by molar-refractivity contribution is 8.13. The summed E-state index contributed by atoms with van der Waals surface area (Å²) in [4.78, 5) is 46.6. The number of methoxy groups -OCH3 is 2. The number of imide groups is 1. The van der Waals surface area contributed by atoms with Gasteiger partial charge in [0.1, 0.15) is 5.75 Å². The summed E-state index contributed by atoms with van der Waals surface area (Å²) >= 11 is 1.51. The van der Waals surface area contributed by atoms with E-state index in [1.54, 1.807) is 7.11 Å². The summed E-state index contributed by atoms with van der Waals surface area (Å²) in [5.41, 5.74) is -0.137. The van der Waals surface area contributed by atoms with Gasteiger partial charge in [-0.2, -0.15) is 0 Å². The quantitative estimate of drug-likeness (QED) is 0.516. The lowest BCUT2D eigenvalue weighted by Crippen LogP contribution is -2.59. The molecule has 3 aliphatic rings. The van der Waals surface area contributed by atoms with Crippen LogP contribution in [0.15, 0.2) is 29.3 Å². The van der Waals surface area contributed by atoms with Crippen LogP contribution in [0, 0.1) is 11.8 Å². The lowest BCUT2D eigenvalue weighted by Gasteiger charge is -2.39. The molecule has 2 amide bonds. The molecule has 3 heterocycles. The highest BCUT2D eigenvalue weighted by atomic mass is 32.2. The van der Waals surface area contributed by atoms with Crippen LogP contribution in [-0.4, -0.2) is 72.1 Å². The van der Waals surface area contributed by atoms with E-state index in [9.17, 15) is 14.4 Å². The van der Waals surface area contributed by atoms with Gasteiger partial charge in [0, 0.05) is 12.8 Å². The molecule has 9 heteroatoms. The van der Waals surface area contributed by atoms with E-state index in [1.807, 2.05) is 36.1 Å². The van der Waals surface area contributed by atoms with E-state index in [1.165, 1.54) is 25.9 Å². The molecule has 4 rings (SSSR count). The molecule has 3 aliphatic heterocycles. The summed E-state index contributed by atoms with van der Waals surface area (Å²) in [6, 6.07) is 7.44. The van der Waals surface area contributed by atoms with Gasteiger partial charge >= 0.3 is 5.97 Å². The minimum atomic E-state index is -1.22. The number of carbonyl (C=O) groups is 3. The van der Waals surface area contributed by atoms with Crippen molar-refractivity contribution in [2.75, 3.05) is 27.8 Å². The summed E-state index contributed by atoms with van der Waals surface area (Å²) in [7, 11) is 4.43. The summed E-state index contributed by atoms with van der Waals surface area (Å²) in [5.74, 6) is -0.940. The molecule has 8 nitrogen and oxygen atoms in total. The third kappa shape index (κ3) is 2.74. The molecule has 0 bridgehead atoms. The smallest absolute Gasteiger partial charge is 0.332 e. The van der Waals surface area contributed by atoms with Crippen molar-refractivity contribution in [2.24, 2.45) is 16.8 Å². The number of rotatable bonds is 5. The Morgan fingerprint density at radius 3 is 2.53 bits per heavy atom. The van der Waals surface area contributed by atoms with E-state index in [0.29, 0.717) is 23.9 Å². The van der Waals surface area contributed by atoms with Gasteiger partial charge in [0.25, 0.3) is 0 Å². The topological polar surface area (TPSA) is 88.5 Å². The average molecular weight is 432 g/mol. The van der Waals surface area contributed by atoms with E-state index >= 15 is 0 Å². The van der Waals surface area contributed by atoms with E-state index in [0.717, 1.165) is 16.2 Å². The van der Waals surface area contributed by atoms with Gasteiger partial charge in [0.2, 0.25) is 11.8 Å². The Hall–Kier alpha value is -2.55. The van der Waals surface area contributed by atoms with Gasteiger partial charge in [-0.1, -0.05) is 30.8 Å². The molecule has 0 radical (unpaired) electrons. The Bertz CT molecular complexity index is 918. The SMILES string of the molecule is CC[C@]1(C(=O)OC)[C@H]2C(=O)N(C)C(=O)[C@H]2[C@H]2CN=C(SCc3ccc(OC)cc3)N21. The van der Waals surface area contributed by atoms with Gasteiger partial charge in [-0.3, -0.25) is 19.5 Å². The fourth-order valence-electron chi connectivity index (χ4n) is 5.01. The molecule has 0 aliphatic carbocycles. The molecule has 160 valence electrons. The van der Waals surface area contributed by atoms with Crippen LogP contribution in [0.4, 0.5) is 0 Å². The molecule has 4 atom stereocenters. The molecule has 2 saturated heterocycles. The highest BCUT2D eigenvalue weighted by Gasteiger charge is 2.72. The van der Waals surface area contributed by atoms with Gasteiger partial charge in [0.15, 0.2) is 10.7 Å². The first-order valence-electron chi connectivity index (χ1n) is 9.90. The minimum absolute atomic E-state index is 0.240. The number of fused-ring (bicyclic) bond motifs is 3. The number of amidine groups is 1. The number of amides is 2. The van der Waals surface area contributed by atoms with Gasteiger partial charge in [0.05, 0.1) is 38.6 Å². The molecule has 2 fully saturated rings. The zero-order valence-electron chi connectivity index (χ0n) is 17.5. The summed E-state index contributed by atoms with van der Waals surface area (Å²) in [6.07, 6.45) is 0.353. The van der Waals surface area contributed by atoms with Crippen LogP contribution in [0.1, 0.15) is 18.9 Å². The molecule has 0 aromatic heterocycles. The average Bonchev–Trinajstić information content (AvgIpc) is 3.38. The van der Waals surface area contributed by atoms with Crippen LogP contribution >= 0.6 is 11.8 Å². The van der Waals surface area contributed by atoms with Crippen LogP contribution in [0.2, 0.25) is 0 Å². The molecule has 0 N–H and O–H groups in total. The van der Waals surface area contributed by atoms with Crippen molar-refractivity contribution < 1.29 is 23.9 Å². The van der Waals surface area contributed by atoms with E-state index < -0.39 is 23.3 Å². The number of thioether (sulfide) groups is 1. The number of hydrogen-bond acceptors (Lipinski definition) is 8. The molecule has 1 aromatic rings. The predicted octanol–water partition coefficient (Wildman–Crippen LogP) is 1.54. The molecule has 30 heavy (non-hydrogen) atoms. The van der Waals surface area contributed by atoms with Crippen LogP contribution in [0.5, 0.6) is 5.75 Å². The molecular formula is C21H25N3O5S. The second-order valence-electron chi connectivity index (χ2n) is 7.71. The Morgan fingerprint density at radius 2 is 1.93 bits per heavy atom. The Kier molecular flexibility index (Phi) is 5.25. The first kappa shape index (κ1) is 20.7. The van der Waals surface area contributed by atoms with Crippen molar-refractivity contribution in [3.05, 3.63) is 29.8 Å². The van der Waals surface area contributed by atoms with Gasteiger partial charge in [-0.25, -0.2) is 4.79 Å². The van der Waals surface area contributed by atoms with E-state index in [2.05, 4.69) is 4.99 Å². The zero-order valence-corrected chi connectivity index (χ0v) is 18.3. The van der Waals surface area contributed by atoms with Crippen molar-refractivity contribution in [3.8, 4) is 5.75 Å². The second kappa shape index (κ2) is 7.61. The molecular weight excluding hydrogens is 406 g/mol. The van der Waals surface area contributed by atoms with Crippen LogP contribution in [0.3, 0.4) is 0 Å². The van der Waals surface area contributed by atoms with Gasteiger partial charge in [-0.15, -0.1) is 0 Å². The second-order valence-corrected chi connectivity index (χ2v) is 8.65. The maximum atomic E-state index is 13.1. The number of likely N-dealkylation sites (tertiary alicyclic amines) is 1. The minimum Gasteiger partial charge on any atom is -0.497 e. The Morgan fingerprint density at radius 1 is 1.23 bits per heavy atom. The maximum Gasteiger partial charge on any atom is 0.332 e. The third-order valence-corrected chi connectivity index (χ3v) is 7.55. The predicted molar refractivity (Wildman–Crippen MR) is 112 cm³/mol. The van der Waals surface area contributed by atoms with Crippen molar-refractivity contribution in [1.29, 1.82) is 0 Å². The summed E-state index contributed by atoms with van der Waals surface area (Å²) < 4.78 is 10.4. The van der Waals surface area contributed by atoms with E-state index in [-0.39, 0.29) is 17.9 Å². The molecule has 1 aromatic carbocycles. The number of nitrogens with zero attached hydrogens (tertiary/aromatic N) is 3. The number of carbonyl (C=O) groups excluding carboxylic acids is 3. The molecule has 0 saturated carbocycles. The maximum absolute atomic E-state index is 13.1. The Balaban J connectivity index is 1.65. The number of benzene rings is 1. The number of hydrogen-bond donors (Lipinski definition) is 0. The highest BCUT2D eigenvalue weighted by Crippen LogP contribution is 2.53. The fraction of sp³-hybridized carbons (Fsp3) is 0.524. The standard InChI is InChI=1S/C21H25N3O5S/c1-5-21(19(27)29-4)16-15(17(25)23(2)18(16)26)14-10-22-20(24(14)21)30-11-12-6-8-13(28-3)9-7-12/h6-9,14-16H,5,10-11H2,1-4H3/t14-,15+,16-,21-/m1/s1. The van der Waals surface area contributed by atoms with Crippen molar-refractivity contribution in [1.82, 2.24) is 9.80 Å². The summed E-state index contributed by atoms with van der Waals surface area (Å²) in [6.45, 7) is 2.24. The van der Waals surface area contributed by atoms with Gasteiger partial charge < -0.3 is 14.4 Å². The number of esters is 1. The third-order valence-electron chi connectivity index (χ3n) is 6.49. The fourth-order valence-corrected chi connectivity index (χ4v) is 6.10. The van der Waals surface area contributed by atoms with Crippen LogP contribution < -0.4 is 4.74 Å². The lowest BCUT2D eigenvalue weighted by atomic mass is 9.78. The van der Waals surface area contributed by atoms with Crippen molar-refractivity contribution >= 4 is 34.7 Å². The first-order valence-corrected chi connectivity index (χ1v) is 10.9. The monoisotopic (exact) mass is 431 g/mol. The van der Waals surface area contributed by atoms with Gasteiger partial charge in [-0.05, 0) is 24.1 Å². The largest absolute Gasteiger partial charge is 0.497 e. The Labute approximate surface area is 179 Å². The summed E-state index contributed by atoms with van der Waals surface area (Å²) in [5, 5.41) is 0.681. The number of aliphatic imine (C=N–C) groups is 1. The molecule has 0 spiro atoms. The number of ether oxygens (including phenoxy) is 2. The normalized spacial score (nSPS) is 29.7. The zero-order chi connectivity index (χ0) is 21.6. The lowest BCUT2D eigenvalue weighted by molar-refractivity contribution is -0.158. The van der Waals surface area contributed by atoms with E-state index in [4.69, 9.17) is 9.47 Å².